The van der Waals surface area contributed by atoms with Crippen LogP contribution in [0.15, 0.2) is 168 Å². The first-order valence-electron chi connectivity index (χ1n) is 19.1. The molecule has 0 N–H and O–H groups in total. The standard InChI is InChI=1S/C49H43N3/c1-49(2)41-24-9-11-26-43(41)51(34-17-4-3-5-18-34)45-28-14-23-38(48(45)49)36-20-7-6-19-35(36)37-22-12-15-32(31-50)29-46(37)52-42-25-10-8-21-39(42)47-40-30-33(40)16-13-27-44(47)52/h3-5,8-19,21-28,36,40,44,47H,6-7,20,29-30H2,1-2H3. The third-order valence-corrected chi connectivity index (χ3v) is 12.6. The second-order valence-electron chi connectivity index (χ2n) is 15.8. The Balaban J connectivity index is 1.17. The van der Waals surface area contributed by atoms with E-state index in [9.17, 15) is 5.26 Å². The molecule has 0 amide bonds. The molecule has 0 aromatic heterocycles. The van der Waals surface area contributed by atoms with E-state index in [1.54, 1.807) is 5.57 Å². The van der Waals surface area contributed by atoms with Gasteiger partial charge in [-0.05, 0) is 101 Å². The van der Waals surface area contributed by atoms with Crippen molar-refractivity contribution in [2.75, 3.05) is 9.80 Å². The molecule has 3 heteroatoms. The molecule has 0 saturated heterocycles. The average Bonchev–Trinajstić information content (AvgIpc) is 3.94. The molecule has 254 valence electrons. The summed E-state index contributed by atoms with van der Waals surface area (Å²) in [5, 5.41) is 10.4. The van der Waals surface area contributed by atoms with Gasteiger partial charge in [-0.25, -0.2) is 0 Å². The highest BCUT2D eigenvalue weighted by Gasteiger charge is 2.50. The van der Waals surface area contributed by atoms with Crippen LogP contribution >= 0.6 is 0 Å². The van der Waals surface area contributed by atoms with Crippen molar-refractivity contribution in [3.63, 3.8) is 0 Å². The number of nitriles is 1. The van der Waals surface area contributed by atoms with Crippen molar-refractivity contribution in [1.29, 1.82) is 5.26 Å². The lowest BCUT2D eigenvalue weighted by Gasteiger charge is -2.44. The Kier molecular flexibility index (Phi) is 7.19. The van der Waals surface area contributed by atoms with Gasteiger partial charge in [-0.15, -0.1) is 0 Å². The van der Waals surface area contributed by atoms with Crippen LogP contribution in [0.25, 0.3) is 0 Å². The van der Waals surface area contributed by atoms with Gasteiger partial charge in [0.05, 0.1) is 23.5 Å². The molecule has 2 heterocycles. The number of hydrogen-bond acceptors (Lipinski definition) is 3. The van der Waals surface area contributed by atoms with Crippen molar-refractivity contribution in [1.82, 2.24) is 0 Å². The first-order valence-corrected chi connectivity index (χ1v) is 19.1. The smallest absolute Gasteiger partial charge is 0.0951 e. The molecular formula is C49H43N3. The molecule has 6 aliphatic rings. The molecule has 0 radical (unpaired) electrons. The van der Waals surface area contributed by atoms with Gasteiger partial charge in [0.2, 0.25) is 0 Å². The van der Waals surface area contributed by atoms with E-state index in [4.69, 9.17) is 0 Å². The topological polar surface area (TPSA) is 30.3 Å². The zero-order valence-corrected chi connectivity index (χ0v) is 30.0. The van der Waals surface area contributed by atoms with Crippen LogP contribution in [0.3, 0.4) is 0 Å². The number of para-hydroxylation sites is 3. The molecule has 2 aliphatic heterocycles. The maximum atomic E-state index is 10.4. The van der Waals surface area contributed by atoms with Crippen LogP contribution in [0.1, 0.15) is 80.0 Å². The largest absolute Gasteiger partial charge is 0.336 e. The summed E-state index contributed by atoms with van der Waals surface area (Å²) in [6.45, 7) is 4.84. The Morgan fingerprint density at radius 1 is 0.788 bits per heavy atom. The summed E-state index contributed by atoms with van der Waals surface area (Å²) in [5.74, 6) is 1.25. The minimum atomic E-state index is -0.205. The van der Waals surface area contributed by atoms with Crippen molar-refractivity contribution in [3.8, 4) is 6.07 Å². The highest BCUT2D eigenvalue weighted by molar-refractivity contribution is 5.87. The summed E-state index contributed by atoms with van der Waals surface area (Å²) < 4.78 is 0. The lowest BCUT2D eigenvalue weighted by Crippen LogP contribution is -2.34. The maximum Gasteiger partial charge on any atom is 0.0951 e. The number of anilines is 4. The van der Waals surface area contributed by atoms with Crippen molar-refractivity contribution in [2.24, 2.45) is 5.92 Å². The average molecular weight is 674 g/mol. The molecule has 4 aromatic carbocycles. The fourth-order valence-corrected chi connectivity index (χ4v) is 10.3. The SMILES string of the molecule is CC1(C)c2ccccc2N(c2ccccc2)c2cccc(C3CCCC=C3C3=C(N4c5ccccc5C5C6CC6=CC=CC54)CC(C#N)=CC=C3)c21. The highest BCUT2D eigenvalue weighted by Crippen LogP contribution is 2.60. The summed E-state index contributed by atoms with van der Waals surface area (Å²) in [7, 11) is 0. The Bertz CT molecular complexity index is 2360. The summed E-state index contributed by atoms with van der Waals surface area (Å²) in [5.41, 5.74) is 16.8. The molecule has 52 heavy (non-hydrogen) atoms. The van der Waals surface area contributed by atoms with E-state index in [-0.39, 0.29) is 17.4 Å². The molecule has 0 bridgehead atoms. The van der Waals surface area contributed by atoms with Crippen molar-refractivity contribution >= 4 is 22.7 Å². The van der Waals surface area contributed by atoms with Crippen LogP contribution in [0.4, 0.5) is 22.7 Å². The molecule has 1 saturated carbocycles. The summed E-state index contributed by atoms with van der Waals surface area (Å²) in [4.78, 5) is 5.11. The fraction of sp³-hybridized carbons (Fsp3) is 0.245. The van der Waals surface area contributed by atoms with Gasteiger partial charge in [-0.1, -0.05) is 123 Å². The molecule has 0 spiro atoms. The molecule has 10 rings (SSSR count). The van der Waals surface area contributed by atoms with Crippen molar-refractivity contribution in [2.45, 2.75) is 69.2 Å². The van der Waals surface area contributed by atoms with E-state index in [2.05, 4.69) is 163 Å². The monoisotopic (exact) mass is 673 g/mol. The third-order valence-electron chi connectivity index (χ3n) is 12.6. The van der Waals surface area contributed by atoms with Gasteiger partial charge < -0.3 is 9.80 Å². The molecule has 4 aromatic rings. The van der Waals surface area contributed by atoms with Crippen molar-refractivity contribution < 1.29 is 0 Å². The van der Waals surface area contributed by atoms with E-state index in [0.29, 0.717) is 18.3 Å². The van der Waals surface area contributed by atoms with Gasteiger partial charge in [0.15, 0.2) is 0 Å². The predicted octanol–water partition coefficient (Wildman–Crippen LogP) is 12.1. The van der Waals surface area contributed by atoms with E-state index in [0.717, 1.165) is 24.8 Å². The van der Waals surface area contributed by atoms with Crippen LogP contribution in [-0.4, -0.2) is 6.04 Å². The normalized spacial score (nSPS) is 24.9. The van der Waals surface area contributed by atoms with Gasteiger partial charge in [-0.2, -0.15) is 5.26 Å². The van der Waals surface area contributed by atoms with Crippen LogP contribution in [0, 0.1) is 17.2 Å². The van der Waals surface area contributed by atoms with Gasteiger partial charge in [0.1, 0.15) is 0 Å². The Labute approximate surface area is 307 Å². The number of hydrogen-bond donors (Lipinski definition) is 0. The minimum absolute atomic E-state index is 0.205. The van der Waals surface area contributed by atoms with Gasteiger partial charge >= 0.3 is 0 Å². The maximum absolute atomic E-state index is 10.4. The van der Waals surface area contributed by atoms with Crippen LogP contribution < -0.4 is 9.80 Å². The van der Waals surface area contributed by atoms with Gasteiger partial charge in [0, 0.05) is 46.3 Å². The summed E-state index contributed by atoms with van der Waals surface area (Å²) in [6, 6.07) is 38.7. The summed E-state index contributed by atoms with van der Waals surface area (Å²) >= 11 is 0. The number of fused-ring (bicyclic) bond motifs is 7. The number of rotatable bonds is 4. The third kappa shape index (κ3) is 4.70. The van der Waals surface area contributed by atoms with Crippen LogP contribution in [0.5, 0.6) is 0 Å². The summed E-state index contributed by atoms with van der Waals surface area (Å²) in [6.07, 6.45) is 21.2. The van der Waals surface area contributed by atoms with Gasteiger partial charge in [0.25, 0.3) is 0 Å². The van der Waals surface area contributed by atoms with E-state index >= 15 is 0 Å². The Hall–Kier alpha value is -5.59. The zero-order chi connectivity index (χ0) is 35.0. The first kappa shape index (κ1) is 31.2. The second-order valence-corrected chi connectivity index (χ2v) is 15.8. The molecule has 4 unspecified atom stereocenters. The van der Waals surface area contributed by atoms with Crippen LogP contribution in [-0.2, 0) is 5.41 Å². The highest BCUT2D eigenvalue weighted by atomic mass is 15.2. The van der Waals surface area contributed by atoms with E-state index in [1.807, 2.05) is 6.08 Å². The molecule has 4 atom stereocenters. The van der Waals surface area contributed by atoms with E-state index in [1.165, 1.54) is 68.3 Å². The van der Waals surface area contributed by atoms with E-state index < -0.39 is 0 Å². The first-order chi connectivity index (χ1) is 25.5. The molecular weight excluding hydrogens is 631 g/mol. The van der Waals surface area contributed by atoms with Gasteiger partial charge in [-0.3, -0.25) is 0 Å². The molecule has 1 fully saturated rings. The predicted molar refractivity (Wildman–Crippen MR) is 213 cm³/mol. The minimum Gasteiger partial charge on any atom is -0.336 e. The molecule has 4 aliphatic carbocycles. The number of nitrogens with zero attached hydrogens (tertiary/aromatic N) is 3. The quantitative estimate of drug-likeness (QED) is 0.216. The lowest BCUT2D eigenvalue weighted by atomic mass is 9.67. The van der Waals surface area contributed by atoms with Crippen molar-refractivity contribution in [3.05, 3.63) is 190 Å². The fourth-order valence-electron chi connectivity index (χ4n) is 10.3. The Morgan fingerprint density at radius 2 is 1.56 bits per heavy atom. The second kappa shape index (κ2) is 12.0. The number of benzene rings is 4. The number of allylic oxidation sites excluding steroid dienone is 10. The zero-order valence-electron chi connectivity index (χ0n) is 30.0. The van der Waals surface area contributed by atoms with Crippen LogP contribution in [0.2, 0.25) is 0 Å². The Morgan fingerprint density at radius 3 is 2.42 bits per heavy atom. The molecule has 3 nitrogen and oxygen atoms in total. The lowest BCUT2D eigenvalue weighted by molar-refractivity contribution is 0.572.